The first kappa shape index (κ1) is 16.7. The van der Waals surface area contributed by atoms with Gasteiger partial charge in [-0.1, -0.05) is 49.1 Å². The van der Waals surface area contributed by atoms with Gasteiger partial charge in [0.05, 0.1) is 0 Å². The molecule has 5 nitrogen and oxygen atoms in total. The normalized spacial score (nSPS) is 16.4. The molecule has 1 fully saturated rings. The summed E-state index contributed by atoms with van der Waals surface area (Å²) in [7, 11) is -2.63. The molecule has 1 N–H and O–H groups in total. The van der Waals surface area contributed by atoms with E-state index in [1.165, 1.54) is 0 Å². The SMILES string of the molecule is Clc1ccccc1.O=C(O)C1(N=S(=O)=O)CCCCC1. The van der Waals surface area contributed by atoms with Crippen molar-refractivity contribution in [1.29, 1.82) is 0 Å². The molecule has 1 saturated carbocycles. The van der Waals surface area contributed by atoms with E-state index < -0.39 is 22.0 Å². The Balaban J connectivity index is 0.000000240. The molecule has 110 valence electrons. The Kier molecular flexibility index (Phi) is 6.67. The van der Waals surface area contributed by atoms with Crippen LogP contribution in [-0.4, -0.2) is 25.0 Å². The molecule has 0 atom stereocenters. The third-order valence-corrected chi connectivity index (χ3v) is 3.81. The van der Waals surface area contributed by atoms with Crippen LogP contribution < -0.4 is 0 Å². The van der Waals surface area contributed by atoms with E-state index in [0.29, 0.717) is 12.8 Å². The number of rotatable bonds is 2. The van der Waals surface area contributed by atoms with E-state index in [1.807, 2.05) is 30.3 Å². The van der Waals surface area contributed by atoms with Gasteiger partial charge < -0.3 is 5.11 Å². The van der Waals surface area contributed by atoms with Crippen molar-refractivity contribution in [2.75, 3.05) is 0 Å². The molecule has 2 rings (SSSR count). The zero-order valence-electron chi connectivity index (χ0n) is 10.8. The summed E-state index contributed by atoms with van der Waals surface area (Å²) in [4.78, 5) is 10.8. The highest BCUT2D eigenvalue weighted by atomic mass is 35.5. The number of hydrogen-bond acceptors (Lipinski definition) is 4. The number of carbonyl (C=O) groups is 1. The van der Waals surface area contributed by atoms with E-state index in [-0.39, 0.29) is 0 Å². The summed E-state index contributed by atoms with van der Waals surface area (Å²) in [6, 6.07) is 9.44. The number of carboxylic acid groups (broad SMARTS) is 1. The van der Waals surface area contributed by atoms with Crippen LogP contribution in [0.3, 0.4) is 0 Å². The second-order valence-electron chi connectivity index (χ2n) is 4.50. The van der Waals surface area contributed by atoms with Gasteiger partial charge in [0.1, 0.15) is 0 Å². The summed E-state index contributed by atoms with van der Waals surface area (Å²) in [5.74, 6) is -1.13. The standard InChI is InChI=1S/C7H11NO4S.C6H5Cl/c9-6(10)7(8-13(11)12)4-2-1-3-5-7;7-6-4-2-1-3-5-6/h1-5H2,(H,9,10);1-5H. The van der Waals surface area contributed by atoms with Gasteiger partial charge in [0.2, 0.25) is 0 Å². The average molecular weight is 318 g/mol. The predicted molar refractivity (Wildman–Crippen MR) is 76.3 cm³/mol. The number of nitrogens with zero attached hydrogens (tertiary/aromatic N) is 1. The lowest BCUT2D eigenvalue weighted by atomic mass is 9.83. The van der Waals surface area contributed by atoms with Gasteiger partial charge in [-0.25, -0.2) is 4.79 Å². The topological polar surface area (TPSA) is 83.8 Å². The first-order chi connectivity index (χ1) is 9.46. The van der Waals surface area contributed by atoms with Crippen LogP contribution in [-0.2, 0) is 15.3 Å². The third kappa shape index (κ3) is 5.30. The highest BCUT2D eigenvalue weighted by molar-refractivity contribution is 7.61. The number of hydrogen-bond donors (Lipinski definition) is 1. The van der Waals surface area contributed by atoms with Crippen LogP contribution in [0.5, 0.6) is 0 Å². The second kappa shape index (κ2) is 8.01. The molecule has 0 spiro atoms. The van der Waals surface area contributed by atoms with E-state index in [0.717, 1.165) is 24.3 Å². The lowest BCUT2D eigenvalue weighted by Gasteiger charge is -2.26. The first-order valence-electron chi connectivity index (χ1n) is 6.22. The fraction of sp³-hybridized carbons (Fsp3) is 0.462. The number of halogens is 1. The fourth-order valence-electron chi connectivity index (χ4n) is 2.04. The minimum Gasteiger partial charge on any atom is -0.479 e. The van der Waals surface area contributed by atoms with Crippen molar-refractivity contribution in [2.45, 2.75) is 37.6 Å². The van der Waals surface area contributed by atoms with Gasteiger partial charge in [0, 0.05) is 5.02 Å². The smallest absolute Gasteiger partial charge is 0.332 e. The Morgan fingerprint density at radius 3 is 2.05 bits per heavy atom. The van der Waals surface area contributed by atoms with Gasteiger partial charge in [-0.3, -0.25) is 0 Å². The molecule has 20 heavy (non-hydrogen) atoms. The molecular weight excluding hydrogens is 302 g/mol. The van der Waals surface area contributed by atoms with Crippen LogP contribution in [0.25, 0.3) is 0 Å². The Morgan fingerprint density at radius 2 is 1.70 bits per heavy atom. The maximum Gasteiger partial charge on any atom is 0.332 e. The Hall–Kier alpha value is -1.40. The van der Waals surface area contributed by atoms with Gasteiger partial charge >= 0.3 is 16.5 Å². The summed E-state index contributed by atoms with van der Waals surface area (Å²) in [5, 5.41) is 9.66. The van der Waals surface area contributed by atoms with E-state index in [1.54, 1.807) is 0 Å². The van der Waals surface area contributed by atoms with Gasteiger partial charge in [-0.15, -0.1) is 0 Å². The Bertz CT molecular complexity index is 557. The van der Waals surface area contributed by atoms with E-state index in [9.17, 15) is 13.2 Å². The van der Waals surface area contributed by atoms with Crippen molar-refractivity contribution in [2.24, 2.45) is 4.36 Å². The third-order valence-electron chi connectivity index (χ3n) is 3.06. The number of carboxylic acids is 1. The van der Waals surface area contributed by atoms with Crippen LogP contribution in [0.15, 0.2) is 34.7 Å². The van der Waals surface area contributed by atoms with Crippen LogP contribution in [0.4, 0.5) is 0 Å². The lowest BCUT2D eigenvalue weighted by molar-refractivity contribution is -0.144. The largest absolute Gasteiger partial charge is 0.479 e. The number of benzene rings is 1. The van der Waals surface area contributed by atoms with E-state index >= 15 is 0 Å². The zero-order chi connectivity index (χ0) is 15.0. The van der Waals surface area contributed by atoms with Crippen LogP contribution in [0.1, 0.15) is 32.1 Å². The van der Waals surface area contributed by atoms with Crippen LogP contribution in [0.2, 0.25) is 5.02 Å². The Labute approximate surface area is 124 Å². The average Bonchev–Trinajstić information content (AvgIpc) is 2.40. The molecule has 0 aromatic heterocycles. The number of aliphatic carboxylic acids is 1. The molecule has 0 aliphatic heterocycles. The van der Waals surface area contributed by atoms with Crippen LogP contribution >= 0.6 is 11.6 Å². The summed E-state index contributed by atoms with van der Waals surface area (Å²) in [5.41, 5.74) is -1.37. The van der Waals surface area contributed by atoms with Crippen LogP contribution in [0, 0.1) is 0 Å². The monoisotopic (exact) mass is 317 g/mol. The van der Waals surface area contributed by atoms with Gasteiger partial charge in [-0.2, -0.15) is 12.8 Å². The van der Waals surface area contributed by atoms with Crippen molar-refractivity contribution < 1.29 is 18.3 Å². The van der Waals surface area contributed by atoms with E-state index in [2.05, 4.69) is 4.36 Å². The van der Waals surface area contributed by atoms with Crippen molar-refractivity contribution in [3.63, 3.8) is 0 Å². The molecule has 0 amide bonds. The molecule has 1 aromatic carbocycles. The molecule has 0 radical (unpaired) electrons. The van der Waals surface area contributed by atoms with Gasteiger partial charge in [0.15, 0.2) is 5.54 Å². The second-order valence-corrected chi connectivity index (χ2v) is 5.55. The van der Waals surface area contributed by atoms with Crippen molar-refractivity contribution >= 4 is 28.1 Å². The zero-order valence-corrected chi connectivity index (χ0v) is 12.4. The molecule has 0 saturated heterocycles. The van der Waals surface area contributed by atoms with Gasteiger partial charge in [-0.05, 0) is 25.0 Å². The fourth-order valence-corrected chi connectivity index (χ4v) is 2.73. The molecule has 1 aromatic rings. The molecule has 7 heteroatoms. The highest BCUT2D eigenvalue weighted by Gasteiger charge is 2.40. The molecule has 1 aliphatic carbocycles. The Morgan fingerprint density at radius 1 is 1.15 bits per heavy atom. The molecule has 0 bridgehead atoms. The summed E-state index contributed by atoms with van der Waals surface area (Å²) in [6.07, 6.45) is 3.07. The molecule has 0 heterocycles. The highest BCUT2D eigenvalue weighted by Crippen LogP contribution is 2.31. The summed E-state index contributed by atoms with van der Waals surface area (Å²) >= 11 is 5.54. The summed E-state index contributed by atoms with van der Waals surface area (Å²) in [6.45, 7) is 0. The van der Waals surface area contributed by atoms with E-state index in [4.69, 9.17) is 16.7 Å². The first-order valence-corrected chi connectivity index (χ1v) is 7.63. The minimum absolute atomic E-state index is 0.330. The van der Waals surface area contributed by atoms with Crippen molar-refractivity contribution in [3.05, 3.63) is 35.4 Å². The summed E-state index contributed by atoms with van der Waals surface area (Å²) < 4.78 is 24.0. The van der Waals surface area contributed by atoms with Crippen molar-refractivity contribution in [1.82, 2.24) is 0 Å². The molecule has 1 aliphatic rings. The van der Waals surface area contributed by atoms with Crippen molar-refractivity contribution in [3.8, 4) is 0 Å². The lowest BCUT2D eigenvalue weighted by Crippen LogP contribution is -2.38. The quantitative estimate of drug-likeness (QED) is 0.908. The maximum atomic E-state index is 10.8. The molecule has 0 unspecified atom stereocenters. The predicted octanol–water partition coefficient (Wildman–Crippen LogP) is 3.18. The van der Waals surface area contributed by atoms with Gasteiger partial charge in [0.25, 0.3) is 0 Å². The maximum absolute atomic E-state index is 10.8. The molecular formula is C13H16ClNO4S. The minimum atomic E-state index is -2.63.